The number of carbonyl (C=O) groups excluding carboxylic acids is 1. The summed E-state index contributed by atoms with van der Waals surface area (Å²) >= 11 is 0. The number of aromatic nitrogens is 1. The topological polar surface area (TPSA) is 64.4 Å². The Balaban J connectivity index is 1.89. The summed E-state index contributed by atoms with van der Waals surface area (Å²) in [4.78, 5) is 11.7. The first-order valence-electron chi connectivity index (χ1n) is 5.47. The fourth-order valence-electron chi connectivity index (χ4n) is 1.72. The highest BCUT2D eigenvalue weighted by atomic mass is 16.5. The fourth-order valence-corrected chi connectivity index (χ4v) is 1.72. The van der Waals surface area contributed by atoms with Gasteiger partial charge in [-0.25, -0.2) is 0 Å². The summed E-state index contributed by atoms with van der Waals surface area (Å²) in [5.74, 6) is 0.764. The molecule has 0 aliphatic carbocycles. The molecule has 0 aromatic carbocycles. The van der Waals surface area contributed by atoms with Gasteiger partial charge in [0.15, 0.2) is 0 Å². The van der Waals surface area contributed by atoms with E-state index in [0.29, 0.717) is 24.8 Å². The molecule has 0 radical (unpaired) electrons. The number of rotatable bonds is 3. The maximum Gasteiger partial charge on any atom is 0.234 e. The lowest BCUT2D eigenvalue weighted by Crippen LogP contribution is -2.16. The molecule has 0 saturated carbocycles. The van der Waals surface area contributed by atoms with Crippen molar-refractivity contribution in [2.75, 3.05) is 18.5 Å². The predicted molar refractivity (Wildman–Crippen MR) is 58.1 cm³/mol. The van der Waals surface area contributed by atoms with Crippen LogP contribution in [0, 0.1) is 19.8 Å². The SMILES string of the molecule is Cc1noc(NC(=O)C[C@H]2CCOC2)c1C. The van der Waals surface area contributed by atoms with Crippen molar-refractivity contribution < 1.29 is 14.1 Å². The van der Waals surface area contributed by atoms with Gasteiger partial charge >= 0.3 is 0 Å². The van der Waals surface area contributed by atoms with Crippen molar-refractivity contribution in [3.05, 3.63) is 11.3 Å². The van der Waals surface area contributed by atoms with E-state index < -0.39 is 0 Å². The van der Waals surface area contributed by atoms with Crippen LogP contribution in [0.4, 0.5) is 5.88 Å². The number of nitrogens with zero attached hydrogens (tertiary/aromatic N) is 1. The molecule has 0 unspecified atom stereocenters. The van der Waals surface area contributed by atoms with Gasteiger partial charge in [-0.1, -0.05) is 5.16 Å². The van der Waals surface area contributed by atoms with E-state index >= 15 is 0 Å². The van der Waals surface area contributed by atoms with Gasteiger partial charge in [-0.3, -0.25) is 10.1 Å². The summed E-state index contributed by atoms with van der Waals surface area (Å²) in [6, 6.07) is 0. The van der Waals surface area contributed by atoms with Gasteiger partial charge in [0.05, 0.1) is 5.69 Å². The normalized spacial score (nSPS) is 20.0. The van der Waals surface area contributed by atoms with Gasteiger partial charge in [-0.05, 0) is 26.2 Å². The Morgan fingerprint density at radius 3 is 2.94 bits per heavy atom. The number of ether oxygens (including phenoxy) is 1. The number of aryl methyl sites for hydroxylation is 1. The molecule has 5 heteroatoms. The molecule has 0 bridgehead atoms. The minimum atomic E-state index is -0.0326. The van der Waals surface area contributed by atoms with Crippen LogP contribution in [0.5, 0.6) is 0 Å². The van der Waals surface area contributed by atoms with Crippen LogP contribution in [0.3, 0.4) is 0 Å². The van der Waals surface area contributed by atoms with Crippen LogP contribution < -0.4 is 5.32 Å². The van der Waals surface area contributed by atoms with E-state index in [2.05, 4.69) is 10.5 Å². The smallest absolute Gasteiger partial charge is 0.234 e. The van der Waals surface area contributed by atoms with Crippen LogP contribution in [-0.4, -0.2) is 24.3 Å². The lowest BCUT2D eigenvalue weighted by atomic mass is 10.1. The molecule has 2 heterocycles. The first-order chi connectivity index (χ1) is 7.66. The van der Waals surface area contributed by atoms with E-state index in [-0.39, 0.29) is 5.91 Å². The number of hydrogen-bond acceptors (Lipinski definition) is 4. The molecular formula is C11H16N2O3. The Kier molecular flexibility index (Phi) is 3.24. The van der Waals surface area contributed by atoms with Crippen LogP contribution in [0.15, 0.2) is 4.52 Å². The second-order valence-corrected chi connectivity index (χ2v) is 4.20. The maximum atomic E-state index is 11.7. The van der Waals surface area contributed by atoms with Gasteiger partial charge in [0, 0.05) is 25.2 Å². The highest BCUT2D eigenvalue weighted by Gasteiger charge is 2.20. The lowest BCUT2D eigenvalue weighted by molar-refractivity contribution is -0.117. The molecule has 1 amide bonds. The Hall–Kier alpha value is -1.36. The summed E-state index contributed by atoms with van der Waals surface area (Å²) in [6.45, 7) is 5.17. The zero-order valence-electron chi connectivity index (χ0n) is 9.58. The van der Waals surface area contributed by atoms with Gasteiger partial charge in [-0.15, -0.1) is 0 Å². The lowest BCUT2D eigenvalue weighted by Gasteiger charge is -2.06. The zero-order valence-corrected chi connectivity index (χ0v) is 9.58. The van der Waals surface area contributed by atoms with Gasteiger partial charge in [0.25, 0.3) is 0 Å². The Morgan fingerprint density at radius 2 is 2.38 bits per heavy atom. The summed E-state index contributed by atoms with van der Waals surface area (Å²) in [7, 11) is 0. The summed E-state index contributed by atoms with van der Waals surface area (Å²) in [5.41, 5.74) is 1.69. The molecule has 1 aromatic rings. The van der Waals surface area contributed by atoms with E-state index in [0.717, 1.165) is 24.3 Å². The molecule has 1 aliphatic rings. The average molecular weight is 224 g/mol. The monoisotopic (exact) mass is 224 g/mol. The highest BCUT2D eigenvalue weighted by Crippen LogP contribution is 2.20. The molecule has 1 aromatic heterocycles. The summed E-state index contributed by atoms with van der Waals surface area (Å²) in [6.07, 6.45) is 1.45. The third kappa shape index (κ3) is 2.41. The molecular weight excluding hydrogens is 208 g/mol. The Bertz CT molecular complexity index is 381. The Labute approximate surface area is 94.1 Å². The summed E-state index contributed by atoms with van der Waals surface area (Å²) in [5, 5.41) is 6.52. The molecule has 1 saturated heterocycles. The summed E-state index contributed by atoms with van der Waals surface area (Å²) < 4.78 is 10.2. The number of hydrogen-bond donors (Lipinski definition) is 1. The van der Waals surface area contributed by atoms with Crippen molar-refractivity contribution in [3.8, 4) is 0 Å². The third-order valence-electron chi connectivity index (χ3n) is 2.91. The molecule has 0 spiro atoms. The standard InChI is InChI=1S/C11H16N2O3/c1-7-8(2)13-16-11(7)12-10(14)5-9-3-4-15-6-9/h9H,3-6H2,1-2H3,(H,12,14)/t9-/m1/s1. The molecule has 16 heavy (non-hydrogen) atoms. The van der Waals surface area contributed by atoms with Crippen LogP contribution >= 0.6 is 0 Å². The van der Waals surface area contributed by atoms with Crippen LogP contribution in [-0.2, 0) is 9.53 Å². The fraction of sp³-hybridized carbons (Fsp3) is 0.636. The van der Waals surface area contributed by atoms with Crippen molar-refractivity contribution in [3.63, 3.8) is 0 Å². The van der Waals surface area contributed by atoms with E-state index in [1.54, 1.807) is 0 Å². The van der Waals surface area contributed by atoms with Gasteiger partial charge < -0.3 is 9.26 Å². The van der Waals surface area contributed by atoms with E-state index in [1.807, 2.05) is 13.8 Å². The van der Waals surface area contributed by atoms with E-state index in [1.165, 1.54) is 0 Å². The number of carbonyl (C=O) groups is 1. The molecule has 1 aliphatic heterocycles. The van der Waals surface area contributed by atoms with Crippen LogP contribution in [0.2, 0.25) is 0 Å². The number of amides is 1. The second-order valence-electron chi connectivity index (χ2n) is 4.20. The molecule has 1 fully saturated rings. The molecule has 2 rings (SSSR count). The van der Waals surface area contributed by atoms with E-state index in [9.17, 15) is 4.79 Å². The van der Waals surface area contributed by atoms with Crippen LogP contribution in [0.1, 0.15) is 24.1 Å². The van der Waals surface area contributed by atoms with Gasteiger partial charge in [0.2, 0.25) is 11.8 Å². The van der Waals surface area contributed by atoms with Crippen molar-refractivity contribution in [1.82, 2.24) is 5.16 Å². The largest absolute Gasteiger partial charge is 0.381 e. The molecule has 5 nitrogen and oxygen atoms in total. The van der Waals surface area contributed by atoms with Gasteiger partial charge in [0.1, 0.15) is 0 Å². The molecule has 88 valence electrons. The maximum absolute atomic E-state index is 11.7. The quantitative estimate of drug-likeness (QED) is 0.848. The number of nitrogens with one attached hydrogen (secondary N) is 1. The highest BCUT2D eigenvalue weighted by molar-refractivity contribution is 5.90. The van der Waals surface area contributed by atoms with Crippen LogP contribution in [0.25, 0.3) is 0 Å². The average Bonchev–Trinajstić information content (AvgIpc) is 2.83. The first kappa shape index (κ1) is 11.1. The van der Waals surface area contributed by atoms with Crippen molar-refractivity contribution >= 4 is 11.8 Å². The van der Waals surface area contributed by atoms with Crippen molar-refractivity contribution in [1.29, 1.82) is 0 Å². The Morgan fingerprint density at radius 1 is 1.56 bits per heavy atom. The predicted octanol–water partition coefficient (Wildman–Crippen LogP) is 1.66. The minimum Gasteiger partial charge on any atom is -0.381 e. The van der Waals surface area contributed by atoms with Gasteiger partial charge in [-0.2, -0.15) is 0 Å². The van der Waals surface area contributed by atoms with E-state index in [4.69, 9.17) is 9.26 Å². The molecule has 1 N–H and O–H groups in total. The molecule has 1 atom stereocenters. The second kappa shape index (κ2) is 4.65. The zero-order chi connectivity index (χ0) is 11.5. The van der Waals surface area contributed by atoms with Crippen molar-refractivity contribution in [2.45, 2.75) is 26.7 Å². The third-order valence-corrected chi connectivity index (χ3v) is 2.91. The number of anilines is 1. The first-order valence-corrected chi connectivity index (χ1v) is 5.47. The van der Waals surface area contributed by atoms with Crippen molar-refractivity contribution in [2.24, 2.45) is 5.92 Å². The minimum absolute atomic E-state index is 0.0326.